The van der Waals surface area contributed by atoms with Gasteiger partial charge in [0.15, 0.2) is 0 Å². The summed E-state index contributed by atoms with van der Waals surface area (Å²) >= 11 is 0. The molecule has 34 heavy (non-hydrogen) atoms. The van der Waals surface area contributed by atoms with Crippen molar-refractivity contribution < 1.29 is 24.2 Å². The molecule has 174 valence electrons. The SMILES string of the molecule is CC[C@H](CC(=O)Nc1ccccc1C(=O)O)NC(=O)OCC1c2ccccc2-c2ccccc21. The summed E-state index contributed by atoms with van der Waals surface area (Å²) in [6, 6.07) is 21.9. The second-order valence-corrected chi connectivity index (χ2v) is 8.18. The maximum atomic E-state index is 12.5. The van der Waals surface area contributed by atoms with Crippen LogP contribution in [0, 0.1) is 0 Å². The van der Waals surface area contributed by atoms with Crippen molar-refractivity contribution >= 4 is 23.7 Å². The summed E-state index contributed by atoms with van der Waals surface area (Å²) < 4.78 is 5.56. The van der Waals surface area contributed by atoms with E-state index in [2.05, 4.69) is 34.9 Å². The molecule has 7 nitrogen and oxygen atoms in total. The second kappa shape index (κ2) is 10.2. The van der Waals surface area contributed by atoms with E-state index in [9.17, 15) is 19.5 Å². The fraction of sp³-hybridized carbons (Fsp3) is 0.222. The first-order valence-corrected chi connectivity index (χ1v) is 11.2. The van der Waals surface area contributed by atoms with E-state index in [-0.39, 0.29) is 36.1 Å². The average Bonchev–Trinajstić information content (AvgIpc) is 3.16. The van der Waals surface area contributed by atoms with Crippen molar-refractivity contribution in [3.05, 3.63) is 89.5 Å². The number of carboxylic acids is 1. The minimum absolute atomic E-state index is 0.00531. The molecule has 0 heterocycles. The largest absolute Gasteiger partial charge is 0.478 e. The van der Waals surface area contributed by atoms with Crippen LogP contribution in [0.15, 0.2) is 72.8 Å². The van der Waals surface area contributed by atoms with Gasteiger partial charge in [-0.3, -0.25) is 4.79 Å². The number of hydrogen-bond donors (Lipinski definition) is 3. The molecule has 0 saturated heterocycles. The highest BCUT2D eigenvalue weighted by atomic mass is 16.5. The first kappa shape index (κ1) is 23.0. The third kappa shape index (κ3) is 4.93. The van der Waals surface area contributed by atoms with Crippen LogP contribution in [-0.4, -0.2) is 35.7 Å². The van der Waals surface area contributed by atoms with Gasteiger partial charge in [0.25, 0.3) is 0 Å². The van der Waals surface area contributed by atoms with Crippen molar-refractivity contribution in [2.45, 2.75) is 31.7 Å². The summed E-state index contributed by atoms with van der Waals surface area (Å²) in [7, 11) is 0. The molecule has 1 atom stereocenters. The molecule has 0 saturated carbocycles. The maximum absolute atomic E-state index is 12.5. The monoisotopic (exact) mass is 458 g/mol. The van der Waals surface area contributed by atoms with E-state index in [1.54, 1.807) is 12.1 Å². The topological polar surface area (TPSA) is 105 Å². The van der Waals surface area contributed by atoms with Gasteiger partial charge < -0.3 is 20.5 Å². The normalized spacial score (nSPS) is 12.9. The molecule has 0 radical (unpaired) electrons. The Morgan fingerprint density at radius 3 is 2.12 bits per heavy atom. The van der Waals surface area contributed by atoms with Crippen LogP contribution in [0.3, 0.4) is 0 Å². The molecule has 0 bridgehead atoms. The lowest BCUT2D eigenvalue weighted by Gasteiger charge is -2.19. The number of para-hydroxylation sites is 1. The number of nitrogens with one attached hydrogen (secondary N) is 2. The summed E-state index contributed by atoms with van der Waals surface area (Å²) in [4.78, 5) is 36.4. The number of hydrogen-bond acceptors (Lipinski definition) is 4. The molecule has 3 aromatic carbocycles. The van der Waals surface area contributed by atoms with Crippen LogP contribution >= 0.6 is 0 Å². The molecular formula is C27H26N2O5. The average molecular weight is 459 g/mol. The van der Waals surface area contributed by atoms with Crippen LogP contribution in [0.4, 0.5) is 10.5 Å². The number of ether oxygens (including phenoxy) is 1. The number of carbonyl (C=O) groups excluding carboxylic acids is 2. The zero-order valence-electron chi connectivity index (χ0n) is 18.8. The Bertz CT molecular complexity index is 1180. The highest BCUT2D eigenvalue weighted by molar-refractivity contribution is 6.00. The lowest BCUT2D eigenvalue weighted by molar-refractivity contribution is -0.116. The zero-order chi connectivity index (χ0) is 24.1. The standard InChI is InChI=1S/C27H26N2O5/c1-2-17(15-25(30)29-24-14-8-7-13-22(24)26(31)32)28-27(33)34-16-23-20-11-5-3-9-18(20)19-10-4-6-12-21(19)23/h3-14,17,23H,2,15-16H2,1H3,(H,28,33)(H,29,30)(H,31,32)/t17-/m1/s1. The lowest BCUT2D eigenvalue weighted by Crippen LogP contribution is -2.38. The lowest BCUT2D eigenvalue weighted by atomic mass is 9.98. The maximum Gasteiger partial charge on any atom is 0.407 e. The van der Waals surface area contributed by atoms with Crippen LogP contribution in [0.1, 0.15) is 47.2 Å². The fourth-order valence-electron chi connectivity index (χ4n) is 4.31. The molecule has 0 fully saturated rings. The van der Waals surface area contributed by atoms with Crippen LogP contribution in [0.2, 0.25) is 0 Å². The molecular weight excluding hydrogens is 432 g/mol. The number of fused-ring (bicyclic) bond motifs is 3. The van der Waals surface area contributed by atoms with E-state index in [0.717, 1.165) is 22.3 Å². The molecule has 3 N–H and O–H groups in total. The molecule has 4 rings (SSSR count). The number of benzene rings is 3. The predicted octanol–water partition coefficient (Wildman–Crippen LogP) is 5.03. The van der Waals surface area contributed by atoms with Crippen molar-refractivity contribution in [2.24, 2.45) is 0 Å². The second-order valence-electron chi connectivity index (χ2n) is 8.18. The van der Waals surface area contributed by atoms with E-state index in [4.69, 9.17) is 4.74 Å². The number of carboxylic acid groups (broad SMARTS) is 1. The van der Waals surface area contributed by atoms with Gasteiger partial charge in [0.05, 0.1) is 11.3 Å². The highest BCUT2D eigenvalue weighted by Crippen LogP contribution is 2.44. The van der Waals surface area contributed by atoms with Gasteiger partial charge in [0.1, 0.15) is 6.61 Å². The van der Waals surface area contributed by atoms with Crippen LogP contribution in [-0.2, 0) is 9.53 Å². The Hall–Kier alpha value is -4.13. The van der Waals surface area contributed by atoms with Gasteiger partial charge in [-0.2, -0.15) is 0 Å². The van der Waals surface area contributed by atoms with Crippen molar-refractivity contribution in [2.75, 3.05) is 11.9 Å². The van der Waals surface area contributed by atoms with Gasteiger partial charge in [-0.05, 0) is 40.8 Å². The molecule has 7 heteroatoms. The molecule has 1 aliphatic carbocycles. The molecule has 0 aromatic heterocycles. The summed E-state index contributed by atoms with van der Waals surface area (Å²) in [5.74, 6) is -1.56. The molecule has 0 aliphatic heterocycles. The molecule has 0 spiro atoms. The van der Waals surface area contributed by atoms with Crippen LogP contribution in [0.5, 0.6) is 0 Å². The van der Waals surface area contributed by atoms with Crippen molar-refractivity contribution in [3.63, 3.8) is 0 Å². The number of amides is 2. The molecule has 1 aliphatic rings. The first-order valence-electron chi connectivity index (χ1n) is 11.2. The van der Waals surface area contributed by atoms with Crippen molar-refractivity contribution in [1.82, 2.24) is 5.32 Å². The molecule has 3 aromatic rings. The van der Waals surface area contributed by atoms with Gasteiger partial charge in [-0.25, -0.2) is 9.59 Å². The fourth-order valence-corrected chi connectivity index (χ4v) is 4.31. The van der Waals surface area contributed by atoms with E-state index < -0.39 is 18.1 Å². The van der Waals surface area contributed by atoms with E-state index in [0.29, 0.717) is 6.42 Å². The summed E-state index contributed by atoms with van der Waals surface area (Å²) in [5, 5.41) is 14.6. The minimum atomic E-state index is -1.13. The Morgan fingerprint density at radius 1 is 0.912 bits per heavy atom. The quantitative estimate of drug-likeness (QED) is 0.439. The summed E-state index contributed by atoms with van der Waals surface area (Å²) in [6.07, 6.45) is -0.0835. The molecule has 2 amide bonds. The number of carbonyl (C=O) groups is 3. The van der Waals surface area contributed by atoms with E-state index in [1.165, 1.54) is 12.1 Å². The Balaban J connectivity index is 1.35. The van der Waals surface area contributed by atoms with Gasteiger partial charge in [-0.15, -0.1) is 0 Å². The third-order valence-electron chi connectivity index (χ3n) is 6.02. The number of rotatable bonds is 8. The van der Waals surface area contributed by atoms with Gasteiger partial charge >= 0.3 is 12.1 Å². The Morgan fingerprint density at radius 2 is 1.50 bits per heavy atom. The summed E-state index contributed by atoms with van der Waals surface area (Å²) in [5.41, 5.74) is 4.78. The van der Waals surface area contributed by atoms with Crippen molar-refractivity contribution in [3.8, 4) is 11.1 Å². The summed E-state index contributed by atoms with van der Waals surface area (Å²) in [6.45, 7) is 2.04. The number of alkyl carbamates (subject to hydrolysis) is 1. The van der Waals surface area contributed by atoms with Crippen LogP contribution < -0.4 is 10.6 Å². The minimum Gasteiger partial charge on any atom is -0.478 e. The van der Waals surface area contributed by atoms with Gasteiger partial charge in [0.2, 0.25) is 5.91 Å². The number of anilines is 1. The van der Waals surface area contributed by atoms with E-state index in [1.807, 2.05) is 31.2 Å². The molecule has 0 unspecified atom stereocenters. The zero-order valence-corrected chi connectivity index (χ0v) is 18.8. The van der Waals surface area contributed by atoms with Crippen molar-refractivity contribution in [1.29, 1.82) is 0 Å². The highest BCUT2D eigenvalue weighted by Gasteiger charge is 2.29. The predicted molar refractivity (Wildman–Crippen MR) is 129 cm³/mol. The number of aromatic carboxylic acids is 1. The first-order chi connectivity index (χ1) is 16.5. The van der Waals surface area contributed by atoms with Crippen LogP contribution in [0.25, 0.3) is 11.1 Å². The van der Waals surface area contributed by atoms with E-state index >= 15 is 0 Å². The van der Waals surface area contributed by atoms with Gasteiger partial charge in [0, 0.05) is 18.4 Å². The Kier molecular flexibility index (Phi) is 6.92. The van der Waals surface area contributed by atoms with Gasteiger partial charge in [-0.1, -0.05) is 67.6 Å². The Labute approximate surface area is 197 Å². The third-order valence-corrected chi connectivity index (χ3v) is 6.02. The smallest absolute Gasteiger partial charge is 0.407 e.